The van der Waals surface area contributed by atoms with Crippen LogP contribution in [0.15, 0.2) is 0 Å². The number of ether oxygens (including phenoxy) is 1. The van der Waals surface area contributed by atoms with Gasteiger partial charge >= 0.3 is 0 Å². The van der Waals surface area contributed by atoms with Crippen molar-refractivity contribution in [1.82, 2.24) is 10.2 Å². The number of likely N-dealkylation sites (N-methyl/N-ethyl adjacent to an activating group) is 1. The van der Waals surface area contributed by atoms with Crippen LogP contribution in [-0.4, -0.2) is 50.7 Å². The Morgan fingerprint density at radius 1 is 1.33 bits per heavy atom. The van der Waals surface area contributed by atoms with Crippen molar-refractivity contribution in [3.05, 3.63) is 0 Å². The third kappa shape index (κ3) is 5.14. The molecule has 0 spiro atoms. The number of nitrogens with one attached hydrogen (secondary N) is 1. The number of hydrogen-bond acceptors (Lipinski definition) is 3. The van der Waals surface area contributed by atoms with E-state index in [4.69, 9.17) is 4.74 Å². The molecule has 0 aromatic rings. The van der Waals surface area contributed by atoms with Gasteiger partial charge in [0.1, 0.15) is 6.10 Å². The van der Waals surface area contributed by atoms with E-state index >= 15 is 0 Å². The van der Waals surface area contributed by atoms with Gasteiger partial charge in [-0.2, -0.15) is 0 Å². The number of rotatable bonds is 6. The van der Waals surface area contributed by atoms with Crippen molar-refractivity contribution in [1.29, 1.82) is 0 Å². The molecule has 90 valence electrons. The van der Waals surface area contributed by atoms with E-state index in [2.05, 4.69) is 24.1 Å². The van der Waals surface area contributed by atoms with Gasteiger partial charge in [-0.1, -0.05) is 13.8 Å². The number of amides is 1. The van der Waals surface area contributed by atoms with E-state index in [1.165, 1.54) is 7.11 Å². The zero-order valence-electron chi connectivity index (χ0n) is 10.7. The molecule has 2 unspecified atom stereocenters. The maximum atomic E-state index is 11.5. The van der Waals surface area contributed by atoms with Crippen molar-refractivity contribution in [2.45, 2.75) is 32.9 Å². The minimum Gasteiger partial charge on any atom is -0.372 e. The summed E-state index contributed by atoms with van der Waals surface area (Å²) in [5, 5.41) is 2.89. The normalized spacial score (nSPS) is 15.5. The van der Waals surface area contributed by atoms with Gasteiger partial charge in [0, 0.05) is 19.7 Å². The first-order valence-corrected chi connectivity index (χ1v) is 5.37. The molecule has 1 amide bonds. The summed E-state index contributed by atoms with van der Waals surface area (Å²) >= 11 is 0. The van der Waals surface area contributed by atoms with Crippen molar-refractivity contribution in [2.75, 3.05) is 27.7 Å². The van der Waals surface area contributed by atoms with Crippen molar-refractivity contribution in [3.63, 3.8) is 0 Å². The molecular formula is C11H24N2O2. The summed E-state index contributed by atoms with van der Waals surface area (Å²) in [6.07, 6.45) is -0.375. The fraction of sp³-hybridized carbons (Fsp3) is 0.909. The van der Waals surface area contributed by atoms with E-state index in [1.807, 2.05) is 14.1 Å². The standard InChI is InChI=1S/C11H24N2O2/c1-8(2)10(13(4)5)7-12-11(14)9(3)15-6/h8-10H,7H2,1-6H3,(H,12,14). The minimum absolute atomic E-state index is 0.0509. The molecule has 4 nitrogen and oxygen atoms in total. The second-order valence-corrected chi connectivity index (χ2v) is 4.40. The van der Waals surface area contributed by atoms with Crippen LogP contribution in [0.3, 0.4) is 0 Å². The quantitative estimate of drug-likeness (QED) is 0.711. The molecule has 0 heterocycles. The maximum Gasteiger partial charge on any atom is 0.248 e. The lowest BCUT2D eigenvalue weighted by atomic mass is 10.0. The van der Waals surface area contributed by atoms with Gasteiger partial charge in [0.2, 0.25) is 5.91 Å². The first-order valence-electron chi connectivity index (χ1n) is 5.37. The molecule has 0 bridgehead atoms. The van der Waals surface area contributed by atoms with Crippen LogP contribution >= 0.6 is 0 Å². The van der Waals surface area contributed by atoms with Gasteiger partial charge in [-0.15, -0.1) is 0 Å². The van der Waals surface area contributed by atoms with Crippen molar-refractivity contribution < 1.29 is 9.53 Å². The van der Waals surface area contributed by atoms with E-state index in [-0.39, 0.29) is 12.0 Å². The average Bonchev–Trinajstić information content (AvgIpc) is 2.15. The van der Waals surface area contributed by atoms with Crippen LogP contribution < -0.4 is 5.32 Å². The Balaban J connectivity index is 4.05. The highest BCUT2D eigenvalue weighted by Crippen LogP contribution is 2.06. The first kappa shape index (κ1) is 14.4. The average molecular weight is 216 g/mol. The van der Waals surface area contributed by atoms with Crippen LogP contribution in [0, 0.1) is 5.92 Å². The summed E-state index contributed by atoms with van der Waals surface area (Å²) in [5.41, 5.74) is 0. The Morgan fingerprint density at radius 3 is 2.20 bits per heavy atom. The summed E-state index contributed by atoms with van der Waals surface area (Å²) in [6.45, 7) is 6.71. The first-order chi connectivity index (χ1) is 6.90. The second-order valence-electron chi connectivity index (χ2n) is 4.40. The second kappa shape index (κ2) is 6.80. The third-order valence-corrected chi connectivity index (χ3v) is 2.64. The molecule has 0 aromatic carbocycles. The summed E-state index contributed by atoms with van der Waals surface area (Å²) in [4.78, 5) is 13.6. The van der Waals surface area contributed by atoms with Gasteiger partial charge in [0.15, 0.2) is 0 Å². The van der Waals surface area contributed by atoms with Gasteiger partial charge in [-0.3, -0.25) is 4.79 Å². The number of carbonyl (C=O) groups is 1. The van der Waals surface area contributed by atoms with Crippen LogP contribution in [-0.2, 0) is 9.53 Å². The highest BCUT2D eigenvalue weighted by atomic mass is 16.5. The minimum atomic E-state index is -0.375. The molecule has 2 atom stereocenters. The number of hydrogen-bond donors (Lipinski definition) is 1. The number of carbonyl (C=O) groups excluding carboxylic acids is 1. The van der Waals surface area contributed by atoms with Crippen molar-refractivity contribution in [2.24, 2.45) is 5.92 Å². The lowest BCUT2D eigenvalue weighted by Gasteiger charge is -2.28. The monoisotopic (exact) mass is 216 g/mol. The van der Waals surface area contributed by atoms with Crippen LogP contribution in [0.25, 0.3) is 0 Å². The molecule has 0 saturated heterocycles. The Bertz CT molecular complexity index is 185. The highest BCUT2D eigenvalue weighted by Gasteiger charge is 2.18. The van der Waals surface area contributed by atoms with E-state index in [9.17, 15) is 4.79 Å². The predicted molar refractivity (Wildman–Crippen MR) is 61.8 cm³/mol. The maximum absolute atomic E-state index is 11.5. The molecule has 0 aromatic heterocycles. The Morgan fingerprint density at radius 2 is 1.87 bits per heavy atom. The van der Waals surface area contributed by atoms with Crippen LogP contribution in [0.4, 0.5) is 0 Å². The van der Waals surface area contributed by atoms with Crippen LogP contribution in [0.2, 0.25) is 0 Å². The molecule has 15 heavy (non-hydrogen) atoms. The van der Waals surface area contributed by atoms with Gasteiger partial charge < -0.3 is 15.0 Å². The van der Waals surface area contributed by atoms with E-state index in [0.29, 0.717) is 18.5 Å². The summed E-state index contributed by atoms with van der Waals surface area (Å²) in [5.74, 6) is 0.461. The predicted octanol–water partition coefficient (Wildman–Crippen LogP) is 0.724. The summed E-state index contributed by atoms with van der Waals surface area (Å²) < 4.78 is 4.94. The van der Waals surface area contributed by atoms with E-state index in [1.54, 1.807) is 6.92 Å². The molecule has 4 heteroatoms. The van der Waals surface area contributed by atoms with Gasteiger partial charge in [0.25, 0.3) is 0 Å². The number of nitrogens with zero attached hydrogens (tertiary/aromatic N) is 1. The molecule has 0 aliphatic heterocycles. The fourth-order valence-corrected chi connectivity index (χ4v) is 1.47. The van der Waals surface area contributed by atoms with Crippen LogP contribution in [0.5, 0.6) is 0 Å². The fourth-order valence-electron chi connectivity index (χ4n) is 1.47. The smallest absolute Gasteiger partial charge is 0.248 e. The van der Waals surface area contributed by atoms with Gasteiger partial charge in [-0.05, 0) is 26.9 Å². The lowest BCUT2D eigenvalue weighted by Crippen LogP contribution is -2.45. The zero-order valence-corrected chi connectivity index (χ0v) is 10.7. The summed E-state index contributed by atoms with van der Waals surface area (Å²) in [6, 6.07) is 0.359. The number of methoxy groups -OCH3 is 1. The largest absolute Gasteiger partial charge is 0.372 e. The van der Waals surface area contributed by atoms with E-state index in [0.717, 1.165) is 0 Å². The highest BCUT2D eigenvalue weighted by molar-refractivity contribution is 5.80. The van der Waals surface area contributed by atoms with E-state index < -0.39 is 0 Å². The SMILES string of the molecule is COC(C)C(=O)NCC(C(C)C)N(C)C. The molecule has 1 N–H and O–H groups in total. The Labute approximate surface area is 93.0 Å². The lowest BCUT2D eigenvalue weighted by molar-refractivity contribution is -0.130. The molecule has 0 rings (SSSR count). The van der Waals surface area contributed by atoms with Crippen molar-refractivity contribution >= 4 is 5.91 Å². The molecule has 0 fully saturated rings. The van der Waals surface area contributed by atoms with Crippen LogP contribution in [0.1, 0.15) is 20.8 Å². The molecule has 0 aliphatic carbocycles. The third-order valence-electron chi connectivity index (χ3n) is 2.64. The molecule has 0 radical (unpaired) electrons. The molecular weight excluding hydrogens is 192 g/mol. The summed E-state index contributed by atoms with van der Waals surface area (Å²) in [7, 11) is 5.59. The Kier molecular flexibility index (Phi) is 6.52. The van der Waals surface area contributed by atoms with Gasteiger partial charge in [0.05, 0.1) is 0 Å². The topological polar surface area (TPSA) is 41.6 Å². The molecule has 0 saturated carbocycles. The zero-order chi connectivity index (χ0) is 12.0. The Hall–Kier alpha value is -0.610. The van der Waals surface area contributed by atoms with Crippen molar-refractivity contribution in [3.8, 4) is 0 Å². The van der Waals surface area contributed by atoms with Gasteiger partial charge in [-0.25, -0.2) is 0 Å². The molecule has 0 aliphatic rings.